The number of aromatic nitrogens is 1. The van der Waals surface area contributed by atoms with Crippen molar-refractivity contribution in [2.75, 3.05) is 31.1 Å². The fraction of sp³-hybridized carbons (Fsp3) is 0.250. The fourth-order valence-corrected chi connectivity index (χ4v) is 4.09. The van der Waals surface area contributed by atoms with Gasteiger partial charge >= 0.3 is 0 Å². The molecule has 0 saturated carbocycles. The number of nitrogens with zero attached hydrogens (tertiary/aromatic N) is 4. The first-order chi connectivity index (χ1) is 11.9. The highest BCUT2D eigenvalue weighted by Crippen LogP contribution is 2.22. The van der Waals surface area contributed by atoms with Crippen molar-refractivity contribution in [1.82, 2.24) is 9.29 Å². The molecule has 0 radical (unpaired) electrons. The summed E-state index contributed by atoms with van der Waals surface area (Å²) in [6, 6.07) is 7.74. The normalized spacial score (nSPS) is 15.8. The number of anilines is 1. The Bertz CT molecular complexity index is 918. The van der Waals surface area contributed by atoms with E-state index in [1.807, 2.05) is 11.0 Å². The summed E-state index contributed by atoms with van der Waals surface area (Å²) >= 11 is 0. The molecule has 1 aromatic heterocycles. The van der Waals surface area contributed by atoms with E-state index in [-0.39, 0.29) is 13.1 Å². The molecule has 2 heterocycles. The third-order valence-corrected chi connectivity index (χ3v) is 5.88. The first kappa shape index (κ1) is 17.3. The van der Waals surface area contributed by atoms with Gasteiger partial charge in [0.1, 0.15) is 28.4 Å². The number of nitriles is 1. The van der Waals surface area contributed by atoms with E-state index in [4.69, 9.17) is 5.26 Å². The molecule has 1 aromatic carbocycles. The largest absolute Gasteiger partial charge is 0.354 e. The summed E-state index contributed by atoms with van der Waals surface area (Å²) in [5, 5.41) is 8.78. The minimum absolute atomic E-state index is 0.154. The highest BCUT2D eigenvalue weighted by Gasteiger charge is 2.31. The lowest BCUT2D eigenvalue weighted by Crippen LogP contribution is -2.49. The highest BCUT2D eigenvalue weighted by molar-refractivity contribution is 7.89. The molecule has 25 heavy (non-hydrogen) atoms. The standard InChI is InChI=1S/C16H14F2N4O2S/c17-13-2-3-15(14(18)9-13)25(23,24)22-7-5-21(6-8-22)16-4-1-12(10-19)11-20-16/h1-4,9,11H,5-8H2. The second kappa shape index (κ2) is 6.74. The van der Waals surface area contributed by atoms with Crippen LogP contribution < -0.4 is 4.90 Å². The summed E-state index contributed by atoms with van der Waals surface area (Å²) in [6.07, 6.45) is 1.45. The molecular formula is C16H14F2N4O2S. The van der Waals surface area contributed by atoms with Crippen LogP contribution in [0.5, 0.6) is 0 Å². The van der Waals surface area contributed by atoms with Gasteiger partial charge in [0.05, 0.1) is 5.56 Å². The van der Waals surface area contributed by atoms with Crippen LogP contribution in [0.25, 0.3) is 0 Å². The fourth-order valence-electron chi connectivity index (χ4n) is 2.62. The van der Waals surface area contributed by atoms with Crippen LogP contribution >= 0.6 is 0 Å². The number of sulfonamides is 1. The summed E-state index contributed by atoms with van der Waals surface area (Å²) in [7, 11) is -4.02. The molecule has 0 aliphatic carbocycles. The summed E-state index contributed by atoms with van der Waals surface area (Å²) in [5.41, 5.74) is 0.441. The van der Waals surface area contributed by atoms with E-state index in [0.717, 1.165) is 12.1 Å². The summed E-state index contributed by atoms with van der Waals surface area (Å²) in [4.78, 5) is 5.53. The molecular weight excluding hydrogens is 350 g/mol. The van der Waals surface area contributed by atoms with Gasteiger partial charge in [0.15, 0.2) is 0 Å². The zero-order valence-electron chi connectivity index (χ0n) is 13.1. The van der Waals surface area contributed by atoms with Gasteiger partial charge in [-0.2, -0.15) is 9.57 Å². The predicted octanol–water partition coefficient (Wildman–Crippen LogP) is 1.74. The van der Waals surface area contributed by atoms with E-state index < -0.39 is 26.6 Å². The highest BCUT2D eigenvalue weighted by atomic mass is 32.2. The number of halogens is 2. The van der Waals surface area contributed by atoms with Crippen molar-refractivity contribution in [1.29, 1.82) is 5.26 Å². The van der Waals surface area contributed by atoms with E-state index in [1.54, 1.807) is 12.1 Å². The second-order valence-corrected chi connectivity index (χ2v) is 7.39. The number of hydrogen-bond acceptors (Lipinski definition) is 5. The van der Waals surface area contributed by atoms with Gasteiger partial charge in [-0.3, -0.25) is 0 Å². The average molecular weight is 364 g/mol. The van der Waals surface area contributed by atoms with Gasteiger partial charge in [-0.25, -0.2) is 22.2 Å². The SMILES string of the molecule is N#Cc1ccc(N2CCN(S(=O)(=O)c3ccc(F)cc3F)CC2)nc1. The summed E-state index contributed by atoms with van der Waals surface area (Å²) in [5.74, 6) is -1.28. The molecule has 0 atom stereocenters. The smallest absolute Gasteiger partial charge is 0.246 e. The van der Waals surface area contributed by atoms with Gasteiger partial charge in [0.25, 0.3) is 0 Å². The lowest BCUT2D eigenvalue weighted by atomic mass is 10.3. The molecule has 1 saturated heterocycles. The molecule has 1 fully saturated rings. The quantitative estimate of drug-likeness (QED) is 0.829. The molecule has 3 rings (SSSR count). The van der Waals surface area contributed by atoms with E-state index in [2.05, 4.69) is 4.98 Å². The lowest BCUT2D eigenvalue weighted by molar-refractivity contribution is 0.381. The average Bonchev–Trinajstić information content (AvgIpc) is 2.61. The van der Waals surface area contributed by atoms with Crippen molar-refractivity contribution >= 4 is 15.8 Å². The van der Waals surface area contributed by atoms with Crippen LogP contribution in [0.4, 0.5) is 14.6 Å². The van der Waals surface area contributed by atoms with Crippen molar-refractivity contribution in [3.8, 4) is 6.07 Å². The van der Waals surface area contributed by atoms with E-state index >= 15 is 0 Å². The van der Waals surface area contributed by atoms with Crippen molar-refractivity contribution in [2.24, 2.45) is 0 Å². The Kier molecular flexibility index (Phi) is 4.65. The molecule has 2 aromatic rings. The van der Waals surface area contributed by atoms with E-state index in [1.165, 1.54) is 10.5 Å². The number of benzene rings is 1. The third kappa shape index (κ3) is 3.45. The molecule has 0 amide bonds. The Morgan fingerprint density at radius 1 is 1.08 bits per heavy atom. The maximum atomic E-state index is 13.8. The Hall–Kier alpha value is -2.57. The van der Waals surface area contributed by atoms with Crippen LogP contribution in [0.1, 0.15) is 5.56 Å². The van der Waals surface area contributed by atoms with E-state index in [0.29, 0.717) is 30.5 Å². The van der Waals surface area contributed by atoms with Crippen LogP contribution in [-0.2, 0) is 10.0 Å². The number of hydrogen-bond donors (Lipinski definition) is 0. The lowest BCUT2D eigenvalue weighted by Gasteiger charge is -2.34. The molecule has 6 nitrogen and oxygen atoms in total. The number of rotatable bonds is 3. The Morgan fingerprint density at radius 3 is 2.36 bits per heavy atom. The summed E-state index contributed by atoms with van der Waals surface area (Å²) in [6.45, 7) is 1.06. The van der Waals surface area contributed by atoms with Crippen LogP contribution in [0.3, 0.4) is 0 Å². The Labute approximate surface area is 144 Å². The maximum Gasteiger partial charge on any atom is 0.246 e. The van der Waals surface area contributed by atoms with Gasteiger partial charge in [-0.15, -0.1) is 0 Å². The van der Waals surface area contributed by atoms with Gasteiger partial charge in [0, 0.05) is 38.4 Å². The monoisotopic (exact) mass is 364 g/mol. The third-order valence-electron chi connectivity index (χ3n) is 3.95. The van der Waals surface area contributed by atoms with Crippen molar-refractivity contribution in [2.45, 2.75) is 4.90 Å². The van der Waals surface area contributed by atoms with Crippen LogP contribution in [-0.4, -0.2) is 43.9 Å². The zero-order chi connectivity index (χ0) is 18.0. The first-order valence-electron chi connectivity index (χ1n) is 7.48. The minimum Gasteiger partial charge on any atom is -0.354 e. The van der Waals surface area contributed by atoms with Crippen molar-refractivity contribution < 1.29 is 17.2 Å². The molecule has 1 aliphatic heterocycles. The molecule has 0 spiro atoms. The first-order valence-corrected chi connectivity index (χ1v) is 8.92. The Morgan fingerprint density at radius 2 is 1.80 bits per heavy atom. The van der Waals surface area contributed by atoms with Crippen LogP contribution in [0.2, 0.25) is 0 Å². The van der Waals surface area contributed by atoms with E-state index in [9.17, 15) is 17.2 Å². The predicted molar refractivity (Wildman–Crippen MR) is 86.3 cm³/mol. The van der Waals surface area contributed by atoms with Gasteiger partial charge < -0.3 is 4.90 Å². The Balaban J connectivity index is 1.73. The number of piperazine rings is 1. The molecule has 9 heteroatoms. The molecule has 130 valence electrons. The molecule has 0 N–H and O–H groups in total. The van der Waals surface area contributed by atoms with Gasteiger partial charge in [0.2, 0.25) is 10.0 Å². The molecule has 1 aliphatic rings. The van der Waals surface area contributed by atoms with Crippen molar-refractivity contribution in [3.63, 3.8) is 0 Å². The van der Waals surface area contributed by atoms with Crippen LogP contribution in [0, 0.1) is 23.0 Å². The van der Waals surface area contributed by atoms with Crippen molar-refractivity contribution in [3.05, 3.63) is 53.7 Å². The molecule has 0 bridgehead atoms. The number of pyridine rings is 1. The van der Waals surface area contributed by atoms with Gasteiger partial charge in [-0.1, -0.05) is 0 Å². The second-order valence-electron chi connectivity index (χ2n) is 5.48. The van der Waals surface area contributed by atoms with Crippen LogP contribution in [0.15, 0.2) is 41.4 Å². The minimum atomic E-state index is -4.02. The summed E-state index contributed by atoms with van der Waals surface area (Å²) < 4.78 is 53.1. The topological polar surface area (TPSA) is 77.3 Å². The zero-order valence-corrected chi connectivity index (χ0v) is 13.9. The molecule has 0 unspecified atom stereocenters. The maximum absolute atomic E-state index is 13.8. The van der Waals surface area contributed by atoms with Gasteiger partial charge in [-0.05, 0) is 24.3 Å².